The highest BCUT2D eigenvalue weighted by atomic mass is 16.5. The van der Waals surface area contributed by atoms with Gasteiger partial charge in [0.2, 0.25) is 0 Å². The number of carbonyl (C=O) groups is 2. The van der Waals surface area contributed by atoms with Crippen molar-refractivity contribution in [1.82, 2.24) is 9.88 Å². The number of hydrogen-bond donors (Lipinski definition) is 2. The van der Waals surface area contributed by atoms with Gasteiger partial charge in [-0.25, -0.2) is 14.6 Å². The number of piperidine rings is 1. The minimum atomic E-state index is -0.920. The first kappa shape index (κ1) is 16.8. The summed E-state index contributed by atoms with van der Waals surface area (Å²) in [5, 5.41) is 12.4. The lowest BCUT2D eigenvalue weighted by Gasteiger charge is -2.34. The van der Waals surface area contributed by atoms with Gasteiger partial charge in [0.25, 0.3) is 0 Å². The summed E-state index contributed by atoms with van der Waals surface area (Å²) in [5.41, 5.74) is 0.766. The molecule has 1 aliphatic rings. The van der Waals surface area contributed by atoms with Crippen molar-refractivity contribution in [1.29, 1.82) is 0 Å². The maximum atomic E-state index is 11.2. The lowest BCUT2D eigenvalue weighted by Crippen LogP contribution is -2.47. The summed E-state index contributed by atoms with van der Waals surface area (Å²) in [6.45, 7) is 2.62. The number of amides is 1. The van der Waals surface area contributed by atoms with Crippen LogP contribution in [-0.2, 0) is 9.53 Å². The molecule has 0 aromatic carbocycles. The number of carboxylic acid groups (broad SMARTS) is 1. The number of aromatic nitrogens is 1. The van der Waals surface area contributed by atoms with Crippen LogP contribution in [0, 0.1) is 0 Å². The zero-order chi connectivity index (χ0) is 16.7. The van der Waals surface area contributed by atoms with Crippen LogP contribution in [0.3, 0.4) is 0 Å². The van der Waals surface area contributed by atoms with Crippen molar-refractivity contribution in [2.24, 2.45) is 0 Å². The first-order valence-corrected chi connectivity index (χ1v) is 7.67. The van der Waals surface area contributed by atoms with Crippen molar-refractivity contribution < 1.29 is 19.4 Å². The molecule has 0 spiro atoms. The van der Waals surface area contributed by atoms with Gasteiger partial charge >= 0.3 is 12.1 Å². The summed E-state index contributed by atoms with van der Waals surface area (Å²) in [6, 6.07) is 3.57. The Balaban J connectivity index is 1.96. The molecule has 1 atom stereocenters. The Morgan fingerprint density at radius 1 is 1.48 bits per heavy atom. The van der Waals surface area contributed by atoms with Gasteiger partial charge in [0.1, 0.15) is 12.0 Å². The highest BCUT2D eigenvalue weighted by molar-refractivity contribution is 5.86. The predicted molar refractivity (Wildman–Crippen MR) is 85.9 cm³/mol. The third kappa shape index (κ3) is 4.98. The van der Waals surface area contributed by atoms with Crippen LogP contribution in [0.25, 0.3) is 6.08 Å². The standard InChI is InChI=1S/C16H21N3O4/c1-2-23-15(20)9-7-12-6-8-13(17-11-12)18-14-5-3-4-10-19(14)16(21)22/h6-9,11,14H,2-5,10H2,1H3,(H,17,18)(H,21,22)/b9-7+. The van der Waals surface area contributed by atoms with Gasteiger partial charge in [0.15, 0.2) is 0 Å². The Morgan fingerprint density at radius 2 is 2.30 bits per heavy atom. The fraction of sp³-hybridized carbons (Fsp3) is 0.438. The van der Waals surface area contributed by atoms with E-state index in [2.05, 4.69) is 10.3 Å². The van der Waals surface area contributed by atoms with Crippen LogP contribution in [0.2, 0.25) is 0 Å². The molecule has 7 heteroatoms. The van der Waals surface area contributed by atoms with E-state index in [-0.39, 0.29) is 6.17 Å². The summed E-state index contributed by atoms with van der Waals surface area (Å²) in [4.78, 5) is 28.1. The van der Waals surface area contributed by atoms with Gasteiger partial charge in [-0.15, -0.1) is 0 Å². The summed E-state index contributed by atoms with van der Waals surface area (Å²) in [7, 11) is 0. The van der Waals surface area contributed by atoms with Crippen LogP contribution in [0.5, 0.6) is 0 Å². The summed E-state index contributed by atoms with van der Waals surface area (Å²) in [5.74, 6) is 0.213. The second-order valence-corrected chi connectivity index (χ2v) is 5.19. The van der Waals surface area contributed by atoms with Gasteiger partial charge in [-0.1, -0.05) is 0 Å². The number of carbonyl (C=O) groups excluding carboxylic acids is 1. The monoisotopic (exact) mass is 319 g/mol. The number of rotatable bonds is 5. The Morgan fingerprint density at radius 3 is 2.96 bits per heavy atom. The quantitative estimate of drug-likeness (QED) is 0.640. The molecule has 1 aromatic heterocycles. The summed E-state index contributed by atoms with van der Waals surface area (Å²) >= 11 is 0. The zero-order valence-corrected chi connectivity index (χ0v) is 13.1. The van der Waals surface area contributed by atoms with Gasteiger partial charge in [0, 0.05) is 18.8 Å². The van der Waals surface area contributed by atoms with Crippen LogP contribution >= 0.6 is 0 Å². The number of anilines is 1. The second kappa shape index (κ2) is 8.17. The molecule has 0 bridgehead atoms. The van der Waals surface area contributed by atoms with Crippen LogP contribution < -0.4 is 5.32 Å². The molecule has 1 amide bonds. The number of nitrogens with one attached hydrogen (secondary N) is 1. The first-order valence-electron chi connectivity index (χ1n) is 7.67. The number of likely N-dealkylation sites (tertiary alicyclic amines) is 1. The number of pyridine rings is 1. The number of nitrogens with zero attached hydrogens (tertiary/aromatic N) is 2. The van der Waals surface area contributed by atoms with Crippen molar-refractivity contribution >= 4 is 24.0 Å². The van der Waals surface area contributed by atoms with Gasteiger partial charge in [-0.3, -0.25) is 4.90 Å². The average molecular weight is 319 g/mol. The minimum Gasteiger partial charge on any atom is -0.465 e. The fourth-order valence-corrected chi connectivity index (χ4v) is 2.43. The van der Waals surface area contributed by atoms with Crippen molar-refractivity contribution in [3.8, 4) is 0 Å². The van der Waals surface area contributed by atoms with Crippen LogP contribution in [-0.4, -0.2) is 46.4 Å². The van der Waals surface area contributed by atoms with Crippen molar-refractivity contribution in [2.45, 2.75) is 32.4 Å². The Kier molecular flexibility index (Phi) is 5.96. The average Bonchev–Trinajstić information content (AvgIpc) is 2.55. The molecule has 124 valence electrons. The zero-order valence-electron chi connectivity index (χ0n) is 13.1. The third-order valence-corrected chi connectivity index (χ3v) is 3.55. The molecule has 2 N–H and O–H groups in total. The van der Waals surface area contributed by atoms with E-state index in [9.17, 15) is 14.7 Å². The van der Waals surface area contributed by atoms with Gasteiger partial charge in [-0.2, -0.15) is 0 Å². The molecule has 1 aromatic rings. The van der Waals surface area contributed by atoms with Crippen molar-refractivity contribution in [3.63, 3.8) is 0 Å². The van der Waals surface area contributed by atoms with E-state index >= 15 is 0 Å². The maximum absolute atomic E-state index is 11.2. The lowest BCUT2D eigenvalue weighted by molar-refractivity contribution is -0.137. The van der Waals surface area contributed by atoms with Crippen LogP contribution in [0.15, 0.2) is 24.4 Å². The molecule has 1 unspecified atom stereocenters. The molecular weight excluding hydrogens is 298 g/mol. The molecule has 2 heterocycles. The molecule has 23 heavy (non-hydrogen) atoms. The lowest BCUT2D eigenvalue weighted by atomic mass is 10.1. The normalized spacial score (nSPS) is 18.0. The topological polar surface area (TPSA) is 91.8 Å². The minimum absolute atomic E-state index is 0.255. The number of hydrogen-bond acceptors (Lipinski definition) is 5. The van der Waals surface area contributed by atoms with E-state index in [1.165, 1.54) is 11.0 Å². The largest absolute Gasteiger partial charge is 0.465 e. The van der Waals surface area contributed by atoms with Crippen molar-refractivity contribution in [3.05, 3.63) is 30.0 Å². The second-order valence-electron chi connectivity index (χ2n) is 5.19. The molecule has 0 saturated carbocycles. The predicted octanol–water partition coefficient (Wildman–Crippen LogP) is 2.56. The molecule has 1 aliphatic heterocycles. The Hall–Kier alpha value is -2.57. The molecule has 2 rings (SSSR count). The summed E-state index contributed by atoms with van der Waals surface area (Å²) < 4.78 is 4.80. The smallest absolute Gasteiger partial charge is 0.408 e. The van der Waals surface area contributed by atoms with E-state index in [0.29, 0.717) is 19.0 Å². The third-order valence-electron chi connectivity index (χ3n) is 3.55. The Bertz CT molecular complexity index is 571. The maximum Gasteiger partial charge on any atom is 0.408 e. The van der Waals surface area contributed by atoms with Gasteiger partial charge < -0.3 is 15.2 Å². The fourth-order valence-electron chi connectivity index (χ4n) is 2.43. The van der Waals surface area contributed by atoms with E-state index in [0.717, 1.165) is 24.8 Å². The van der Waals surface area contributed by atoms with Gasteiger partial charge in [0.05, 0.1) is 6.61 Å². The SMILES string of the molecule is CCOC(=O)/C=C/c1ccc(NC2CCCCN2C(=O)O)nc1. The molecule has 7 nitrogen and oxygen atoms in total. The summed E-state index contributed by atoms with van der Waals surface area (Å²) in [6.07, 6.45) is 6.05. The number of esters is 1. The first-order chi connectivity index (χ1) is 11.1. The molecular formula is C16H21N3O4. The molecule has 0 radical (unpaired) electrons. The van der Waals surface area contributed by atoms with E-state index in [1.54, 1.807) is 31.3 Å². The van der Waals surface area contributed by atoms with Crippen LogP contribution in [0.1, 0.15) is 31.7 Å². The van der Waals surface area contributed by atoms with E-state index in [1.807, 2.05) is 0 Å². The van der Waals surface area contributed by atoms with Crippen molar-refractivity contribution in [2.75, 3.05) is 18.5 Å². The van der Waals surface area contributed by atoms with E-state index < -0.39 is 12.1 Å². The van der Waals surface area contributed by atoms with Gasteiger partial charge in [-0.05, 0) is 50.0 Å². The highest BCUT2D eigenvalue weighted by Crippen LogP contribution is 2.19. The Labute approximate surface area is 135 Å². The highest BCUT2D eigenvalue weighted by Gasteiger charge is 2.26. The van der Waals surface area contributed by atoms with Crippen LogP contribution in [0.4, 0.5) is 10.6 Å². The number of ether oxygens (including phenoxy) is 1. The molecule has 1 fully saturated rings. The molecule has 1 saturated heterocycles. The molecule has 0 aliphatic carbocycles. The van der Waals surface area contributed by atoms with E-state index in [4.69, 9.17) is 4.74 Å².